The number of rotatable bonds is 6. The summed E-state index contributed by atoms with van der Waals surface area (Å²) in [4.78, 5) is 27.4. The van der Waals surface area contributed by atoms with Crippen molar-refractivity contribution in [3.8, 4) is 5.75 Å². The molecule has 2 atom stereocenters. The molecule has 2 aromatic carbocycles. The average Bonchev–Trinajstić information content (AvgIpc) is 3.05. The lowest BCUT2D eigenvalue weighted by Gasteiger charge is -2.30. The molecule has 7 heteroatoms. The zero-order valence-corrected chi connectivity index (χ0v) is 19.6. The zero-order chi connectivity index (χ0) is 23.8. The fourth-order valence-corrected chi connectivity index (χ4v) is 4.68. The van der Waals surface area contributed by atoms with E-state index in [1.165, 1.54) is 6.42 Å². The number of carbonyl (C=O) groups excluding carboxylic acids is 2. The maximum Gasteiger partial charge on any atom is 0.317 e. The molecule has 2 fully saturated rings. The standard InChI is InChI=1S/C27H35N3O4/c31-25-12-7-17-30(27(33)28-22-10-5-2-6-11-22)18-24(25)29-26(32)21-13-15-23(16-14-21)34-19-20-8-3-1-4-9-20/h1,3-4,8-9,13-16,22,24-25,31H,2,5-7,10-12,17-19H2,(H,28,33)(H,29,32)/t24-,25-/m1/s1. The third-order valence-corrected chi connectivity index (χ3v) is 6.71. The second kappa shape index (κ2) is 11.9. The van der Waals surface area contributed by atoms with Crippen molar-refractivity contribution in [1.29, 1.82) is 0 Å². The highest BCUT2D eigenvalue weighted by molar-refractivity contribution is 5.94. The van der Waals surface area contributed by atoms with Crippen LogP contribution < -0.4 is 15.4 Å². The van der Waals surface area contributed by atoms with Crippen molar-refractivity contribution >= 4 is 11.9 Å². The van der Waals surface area contributed by atoms with Crippen molar-refractivity contribution < 1.29 is 19.4 Å². The minimum Gasteiger partial charge on any atom is -0.489 e. The van der Waals surface area contributed by atoms with Gasteiger partial charge in [-0.05, 0) is 55.5 Å². The van der Waals surface area contributed by atoms with Crippen LogP contribution in [0.15, 0.2) is 54.6 Å². The molecule has 3 amide bonds. The van der Waals surface area contributed by atoms with Crippen LogP contribution in [-0.2, 0) is 6.61 Å². The number of aliphatic hydroxyl groups is 1. The van der Waals surface area contributed by atoms with E-state index in [0.717, 1.165) is 31.2 Å². The fourth-order valence-electron chi connectivity index (χ4n) is 4.68. The SMILES string of the molecule is O=C(N[C@@H]1CN(C(=O)NC2CCCCC2)CCC[C@H]1O)c1ccc(OCc2ccccc2)cc1. The van der Waals surface area contributed by atoms with Gasteiger partial charge in [0.25, 0.3) is 5.91 Å². The summed E-state index contributed by atoms with van der Waals surface area (Å²) in [6, 6.07) is 16.5. The number of amides is 3. The van der Waals surface area contributed by atoms with E-state index in [4.69, 9.17) is 4.74 Å². The van der Waals surface area contributed by atoms with Crippen LogP contribution in [0.5, 0.6) is 5.75 Å². The van der Waals surface area contributed by atoms with Crippen molar-refractivity contribution in [1.82, 2.24) is 15.5 Å². The predicted molar refractivity (Wildman–Crippen MR) is 131 cm³/mol. The molecule has 0 aromatic heterocycles. The quantitative estimate of drug-likeness (QED) is 0.604. The monoisotopic (exact) mass is 465 g/mol. The largest absolute Gasteiger partial charge is 0.489 e. The zero-order valence-electron chi connectivity index (χ0n) is 19.6. The lowest BCUT2D eigenvalue weighted by molar-refractivity contribution is 0.0808. The molecule has 0 bridgehead atoms. The van der Waals surface area contributed by atoms with E-state index in [0.29, 0.717) is 43.9 Å². The molecule has 1 saturated heterocycles. The minimum absolute atomic E-state index is 0.0971. The van der Waals surface area contributed by atoms with E-state index in [-0.39, 0.29) is 18.0 Å². The Morgan fingerprint density at radius 3 is 2.38 bits per heavy atom. The van der Waals surface area contributed by atoms with E-state index >= 15 is 0 Å². The van der Waals surface area contributed by atoms with Crippen LogP contribution in [0.25, 0.3) is 0 Å². The molecule has 2 aliphatic rings. The minimum atomic E-state index is -0.690. The van der Waals surface area contributed by atoms with Crippen LogP contribution in [0.2, 0.25) is 0 Å². The molecule has 2 aromatic rings. The highest BCUT2D eigenvalue weighted by Crippen LogP contribution is 2.19. The van der Waals surface area contributed by atoms with Gasteiger partial charge >= 0.3 is 6.03 Å². The van der Waals surface area contributed by atoms with E-state index < -0.39 is 12.1 Å². The van der Waals surface area contributed by atoms with Crippen molar-refractivity contribution in [3.63, 3.8) is 0 Å². The number of hydrogen-bond donors (Lipinski definition) is 3. The van der Waals surface area contributed by atoms with Crippen LogP contribution in [0, 0.1) is 0 Å². The molecule has 0 unspecified atom stereocenters. The maximum atomic E-state index is 12.9. The van der Waals surface area contributed by atoms with Crippen molar-refractivity contribution in [2.24, 2.45) is 0 Å². The van der Waals surface area contributed by atoms with Gasteiger partial charge in [0.2, 0.25) is 0 Å². The molecule has 1 saturated carbocycles. The Labute approximate surface area is 201 Å². The van der Waals surface area contributed by atoms with Gasteiger partial charge in [-0.3, -0.25) is 4.79 Å². The second-order valence-corrected chi connectivity index (χ2v) is 9.32. The van der Waals surface area contributed by atoms with Gasteiger partial charge in [0.15, 0.2) is 0 Å². The van der Waals surface area contributed by atoms with Crippen molar-refractivity contribution in [2.45, 2.75) is 69.7 Å². The van der Waals surface area contributed by atoms with E-state index in [2.05, 4.69) is 10.6 Å². The van der Waals surface area contributed by atoms with Gasteiger partial charge in [-0.25, -0.2) is 4.79 Å². The number of benzene rings is 2. The van der Waals surface area contributed by atoms with Gasteiger partial charge in [0.05, 0.1) is 12.1 Å². The molecular weight excluding hydrogens is 430 g/mol. The number of nitrogens with one attached hydrogen (secondary N) is 2. The van der Waals surface area contributed by atoms with Crippen molar-refractivity contribution in [3.05, 3.63) is 65.7 Å². The van der Waals surface area contributed by atoms with Crippen LogP contribution in [-0.4, -0.2) is 53.2 Å². The summed E-state index contributed by atoms with van der Waals surface area (Å²) >= 11 is 0. The summed E-state index contributed by atoms with van der Waals surface area (Å²) in [5, 5.41) is 16.7. The molecule has 7 nitrogen and oxygen atoms in total. The maximum absolute atomic E-state index is 12.9. The van der Waals surface area contributed by atoms with Crippen LogP contribution in [0.3, 0.4) is 0 Å². The summed E-state index contributed by atoms with van der Waals surface area (Å²) in [7, 11) is 0. The Hall–Kier alpha value is -3.06. The number of likely N-dealkylation sites (tertiary alicyclic amines) is 1. The highest BCUT2D eigenvalue weighted by Gasteiger charge is 2.30. The third-order valence-electron chi connectivity index (χ3n) is 6.71. The average molecular weight is 466 g/mol. The number of aliphatic hydroxyl groups excluding tert-OH is 1. The number of ether oxygens (including phenoxy) is 1. The molecule has 182 valence electrons. The Morgan fingerprint density at radius 2 is 1.65 bits per heavy atom. The lowest BCUT2D eigenvalue weighted by Crippen LogP contribution is -2.53. The molecular formula is C27H35N3O4. The third kappa shape index (κ3) is 6.73. The van der Waals surface area contributed by atoms with Crippen LogP contribution >= 0.6 is 0 Å². The molecule has 0 radical (unpaired) electrons. The number of carbonyl (C=O) groups is 2. The summed E-state index contributed by atoms with van der Waals surface area (Å²) in [5.74, 6) is 0.411. The van der Waals surface area contributed by atoms with Crippen LogP contribution in [0.4, 0.5) is 4.79 Å². The summed E-state index contributed by atoms with van der Waals surface area (Å²) < 4.78 is 5.79. The first kappa shape index (κ1) is 24.1. The normalized spacial score (nSPS) is 21.4. The van der Waals surface area contributed by atoms with Gasteiger partial charge in [-0.2, -0.15) is 0 Å². The number of urea groups is 1. The number of nitrogens with zero attached hydrogens (tertiary/aromatic N) is 1. The van der Waals surface area contributed by atoms with Gasteiger partial charge in [-0.1, -0.05) is 49.6 Å². The first-order chi connectivity index (χ1) is 16.6. The molecule has 4 rings (SSSR count). The molecule has 3 N–H and O–H groups in total. The first-order valence-electron chi connectivity index (χ1n) is 12.4. The molecule has 1 aliphatic heterocycles. The van der Waals surface area contributed by atoms with E-state index in [1.54, 1.807) is 29.2 Å². The second-order valence-electron chi connectivity index (χ2n) is 9.32. The molecule has 1 heterocycles. The molecule has 1 aliphatic carbocycles. The van der Waals surface area contributed by atoms with Gasteiger partial charge in [-0.15, -0.1) is 0 Å². The Kier molecular flexibility index (Phi) is 8.41. The van der Waals surface area contributed by atoms with Gasteiger partial charge in [0.1, 0.15) is 12.4 Å². The van der Waals surface area contributed by atoms with E-state index in [1.807, 2.05) is 30.3 Å². The first-order valence-corrected chi connectivity index (χ1v) is 12.4. The fraction of sp³-hybridized carbons (Fsp3) is 0.481. The summed E-state index contributed by atoms with van der Waals surface area (Å²) in [6.07, 6.45) is 6.14. The summed E-state index contributed by atoms with van der Waals surface area (Å²) in [5.41, 5.74) is 1.56. The van der Waals surface area contributed by atoms with Gasteiger partial charge in [0, 0.05) is 24.7 Å². The van der Waals surface area contributed by atoms with Gasteiger partial charge < -0.3 is 25.4 Å². The molecule has 0 spiro atoms. The topological polar surface area (TPSA) is 90.9 Å². The summed E-state index contributed by atoms with van der Waals surface area (Å²) in [6.45, 7) is 1.33. The Morgan fingerprint density at radius 1 is 0.912 bits per heavy atom. The van der Waals surface area contributed by atoms with Crippen molar-refractivity contribution in [2.75, 3.05) is 13.1 Å². The lowest BCUT2D eigenvalue weighted by atomic mass is 9.96. The highest BCUT2D eigenvalue weighted by atomic mass is 16.5. The Balaban J connectivity index is 1.31. The predicted octanol–water partition coefficient (Wildman–Crippen LogP) is 3.86. The van der Waals surface area contributed by atoms with E-state index in [9.17, 15) is 14.7 Å². The number of hydrogen-bond acceptors (Lipinski definition) is 4. The smallest absolute Gasteiger partial charge is 0.317 e. The molecule has 34 heavy (non-hydrogen) atoms. The Bertz CT molecular complexity index is 929. The van der Waals surface area contributed by atoms with Crippen LogP contribution in [0.1, 0.15) is 60.9 Å².